The van der Waals surface area contributed by atoms with Crippen molar-refractivity contribution in [1.82, 2.24) is 9.88 Å². The average Bonchev–Trinajstić information content (AvgIpc) is 2.82. The molecule has 0 radical (unpaired) electrons. The Morgan fingerprint density at radius 1 is 1.41 bits per heavy atom. The molecule has 2 rings (SSSR count). The molecule has 1 aromatic heterocycles. The first kappa shape index (κ1) is 16.1. The Morgan fingerprint density at radius 3 is 2.55 bits per heavy atom. The quantitative estimate of drug-likeness (QED) is 0.877. The van der Waals surface area contributed by atoms with Gasteiger partial charge < -0.3 is 15.3 Å². The zero-order valence-corrected chi connectivity index (χ0v) is 11.6. The number of halogens is 3. The molecule has 1 aromatic rings. The van der Waals surface area contributed by atoms with Gasteiger partial charge in [-0.1, -0.05) is 0 Å². The Balaban J connectivity index is 2.00. The van der Waals surface area contributed by atoms with E-state index in [-0.39, 0.29) is 18.8 Å². The van der Waals surface area contributed by atoms with Crippen molar-refractivity contribution in [3.63, 3.8) is 0 Å². The van der Waals surface area contributed by atoms with Crippen molar-refractivity contribution >= 4 is 17.7 Å². The predicted octanol–water partition coefficient (Wildman–Crippen LogP) is 2.43. The van der Waals surface area contributed by atoms with Crippen LogP contribution in [0.25, 0.3) is 0 Å². The smallest absolute Gasteiger partial charge is 0.433 e. The van der Waals surface area contributed by atoms with Crippen LogP contribution in [0.15, 0.2) is 18.3 Å². The number of urea groups is 1. The van der Waals surface area contributed by atoms with Crippen LogP contribution in [-0.4, -0.2) is 40.1 Å². The molecule has 1 unspecified atom stereocenters. The molecule has 1 fully saturated rings. The fourth-order valence-electron chi connectivity index (χ4n) is 2.15. The minimum Gasteiger partial charge on any atom is -0.481 e. The highest BCUT2D eigenvalue weighted by Gasteiger charge is 2.42. The second-order valence-corrected chi connectivity index (χ2v) is 5.40. The lowest BCUT2D eigenvalue weighted by molar-refractivity contribution is -0.147. The van der Waals surface area contributed by atoms with E-state index < -0.39 is 29.3 Å². The van der Waals surface area contributed by atoms with Gasteiger partial charge in [0.2, 0.25) is 0 Å². The van der Waals surface area contributed by atoms with Crippen LogP contribution in [0, 0.1) is 5.41 Å². The molecule has 2 amide bonds. The Kier molecular flexibility index (Phi) is 3.99. The van der Waals surface area contributed by atoms with Gasteiger partial charge in [-0.2, -0.15) is 13.2 Å². The van der Waals surface area contributed by atoms with Gasteiger partial charge in [0.1, 0.15) is 5.69 Å². The first-order valence-corrected chi connectivity index (χ1v) is 6.44. The SMILES string of the molecule is CC1(C(=O)O)CCN(C(=O)Nc2ccc(C(F)(F)F)nc2)C1. The summed E-state index contributed by atoms with van der Waals surface area (Å²) in [6.45, 7) is 1.85. The van der Waals surface area contributed by atoms with Gasteiger partial charge in [-0.15, -0.1) is 0 Å². The summed E-state index contributed by atoms with van der Waals surface area (Å²) in [5.41, 5.74) is -1.94. The summed E-state index contributed by atoms with van der Waals surface area (Å²) in [5.74, 6) is -0.987. The van der Waals surface area contributed by atoms with Crippen molar-refractivity contribution in [2.75, 3.05) is 18.4 Å². The number of aromatic nitrogens is 1. The molecule has 1 atom stereocenters. The van der Waals surface area contributed by atoms with Crippen molar-refractivity contribution in [3.05, 3.63) is 24.0 Å². The van der Waals surface area contributed by atoms with Gasteiger partial charge >= 0.3 is 18.2 Å². The van der Waals surface area contributed by atoms with Gasteiger partial charge in [-0.05, 0) is 25.5 Å². The fraction of sp³-hybridized carbons (Fsp3) is 0.462. The number of amides is 2. The molecule has 1 aliphatic heterocycles. The number of anilines is 1. The van der Waals surface area contributed by atoms with Crippen LogP contribution in [0.3, 0.4) is 0 Å². The minimum absolute atomic E-state index is 0.0439. The summed E-state index contributed by atoms with van der Waals surface area (Å²) in [7, 11) is 0. The van der Waals surface area contributed by atoms with E-state index in [1.54, 1.807) is 6.92 Å². The molecule has 22 heavy (non-hydrogen) atoms. The maximum Gasteiger partial charge on any atom is 0.433 e. The molecule has 9 heteroatoms. The number of carbonyl (C=O) groups is 2. The van der Waals surface area contributed by atoms with Gasteiger partial charge in [-0.25, -0.2) is 9.78 Å². The lowest BCUT2D eigenvalue weighted by Gasteiger charge is -2.20. The van der Waals surface area contributed by atoms with Gasteiger partial charge in [0.25, 0.3) is 0 Å². The Labute approximate surface area is 123 Å². The number of likely N-dealkylation sites (tertiary alicyclic amines) is 1. The monoisotopic (exact) mass is 317 g/mol. The molecule has 120 valence electrons. The summed E-state index contributed by atoms with van der Waals surface area (Å²) in [4.78, 5) is 27.6. The average molecular weight is 317 g/mol. The molecule has 0 bridgehead atoms. The number of carboxylic acid groups (broad SMARTS) is 1. The Morgan fingerprint density at radius 2 is 2.09 bits per heavy atom. The summed E-state index contributed by atoms with van der Waals surface area (Å²) >= 11 is 0. The summed E-state index contributed by atoms with van der Waals surface area (Å²) in [5, 5.41) is 11.5. The van der Waals surface area contributed by atoms with Crippen molar-refractivity contribution in [1.29, 1.82) is 0 Å². The van der Waals surface area contributed by atoms with E-state index in [9.17, 15) is 22.8 Å². The molecular formula is C13H14F3N3O3. The third-order valence-electron chi connectivity index (χ3n) is 3.58. The second kappa shape index (κ2) is 5.47. The maximum atomic E-state index is 12.4. The number of nitrogens with one attached hydrogen (secondary N) is 1. The number of pyridine rings is 1. The summed E-state index contributed by atoms with van der Waals surface area (Å²) in [6, 6.07) is 1.30. The number of carboxylic acids is 1. The maximum absolute atomic E-state index is 12.4. The van der Waals surface area contributed by atoms with Crippen LogP contribution >= 0.6 is 0 Å². The standard InChI is InChI=1S/C13H14F3N3O3/c1-12(10(20)21)4-5-19(7-12)11(22)18-8-2-3-9(17-6-8)13(14,15)16/h2-3,6H,4-5,7H2,1H3,(H,18,22)(H,20,21). The Bertz CT molecular complexity index is 588. The van der Waals surface area contributed by atoms with Crippen LogP contribution in [-0.2, 0) is 11.0 Å². The van der Waals surface area contributed by atoms with Crippen LogP contribution in [0.4, 0.5) is 23.7 Å². The van der Waals surface area contributed by atoms with Gasteiger partial charge in [0, 0.05) is 13.1 Å². The number of aliphatic carboxylic acids is 1. The largest absolute Gasteiger partial charge is 0.481 e. The van der Waals surface area contributed by atoms with Crippen molar-refractivity contribution in [3.8, 4) is 0 Å². The summed E-state index contributed by atoms with van der Waals surface area (Å²) in [6.07, 6.45) is -3.31. The van der Waals surface area contributed by atoms with Gasteiger partial charge in [0.15, 0.2) is 0 Å². The van der Waals surface area contributed by atoms with Crippen LogP contribution < -0.4 is 5.32 Å². The van der Waals surface area contributed by atoms with Crippen LogP contribution in [0.5, 0.6) is 0 Å². The third-order valence-corrected chi connectivity index (χ3v) is 3.58. The fourth-order valence-corrected chi connectivity index (χ4v) is 2.15. The highest BCUT2D eigenvalue weighted by atomic mass is 19.4. The van der Waals surface area contributed by atoms with E-state index in [1.165, 1.54) is 4.90 Å². The van der Waals surface area contributed by atoms with Crippen LogP contribution in [0.1, 0.15) is 19.0 Å². The van der Waals surface area contributed by atoms with E-state index in [4.69, 9.17) is 5.11 Å². The number of nitrogens with zero attached hydrogens (tertiary/aromatic N) is 2. The van der Waals surface area contributed by atoms with E-state index in [0.29, 0.717) is 6.42 Å². The number of hydrogen-bond acceptors (Lipinski definition) is 3. The lowest BCUT2D eigenvalue weighted by Crippen LogP contribution is -2.37. The predicted molar refractivity (Wildman–Crippen MR) is 70.2 cm³/mol. The zero-order valence-electron chi connectivity index (χ0n) is 11.6. The first-order valence-electron chi connectivity index (χ1n) is 6.44. The second-order valence-electron chi connectivity index (χ2n) is 5.40. The lowest BCUT2D eigenvalue weighted by atomic mass is 9.90. The van der Waals surface area contributed by atoms with Crippen molar-refractivity contribution in [2.24, 2.45) is 5.41 Å². The molecule has 1 saturated heterocycles. The van der Waals surface area contributed by atoms with E-state index in [0.717, 1.165) is 18.3 Å². The Hall–Kier alpha value is -2.32. The van der Waals surface area contributed by atoms with Gasteiger partial charge in [-0.3, -0.25) is 4.79 Å². The first-order chi connectivity index (χ1) is 10.1. The molecular weight excluding hydrogens is 303 g/mol. The zero-order chi connectivity index (χ0) is 16.5. The minimum atomic E-state index is -4.54. The number of rotatable bonds is 2. The molecule has 0 aliphatic carbocycles. The number of hydrogen-bond donors (Lipinski definition) is 2. The third kappa shape index (κ3) is 3.29. The van der Waals surface area contributed by atoms with Crippen molar-refractivity contribution < 1.29 is 27.9 Å². The van der Waals surface area contributed by atoms with E-state index in [1.807, 2.05) is 0 Å². The molecule has 0 spiro atoms. The van der Waals surface area contributed by atoms with Crippen LogP contribution in [0.2, 0.25) is 0 Å². The molecule has 2 N–H and O–H groups in total. The topological polar surface area (TPSA) is 82.5 Å². The van der Waals surface area contributed by atoms with Gasteiger partial charge in [0.05, 0.1) is 17.3 Å². The molecule has 2 heterocycles. The number of carbonyl (C=O) groups excluding carboxylic acids is 1. The summed E-state index contributed by atoms with van der Waals surface area (Å²) < 4.78 is 37.1. The molecule has 0 aromatic carbocycles. The number of alkyl halides is 3. The highest BCUT2D eigenvalue weighted by molar-refractivity contribution is 5.90. The molecule has 1 aliphatic rings. The van der Waals surface area contributed by atoms with E-state index in [2.05, 4.69) is 10.3 Å². The molecule has 6 nitrogen and oxygen atoms in total. The highest BCUT2D eigenvalue weighted by Crippen LogP contribution is 2.31. The van der Waals surface area contributed by atoms with Crippen molar-refractivity contribution in [2.45, 2.75) is 19.5 Å². The normalized spacial score (nSPS) is 21.7. The van der Waals surface area contributed by atoms with E-state index >= 15 is 0 Å². The molecule has 0 saturated carbocycles.